The van der Waals surface area contributed by atoms with Crippen LogP contribution in [0.1, 0.15) is 44.2 Å². The number of carbonyl (C=O) groups excluding carboxylic acids is 1. The highest BCUT2D eigenvalue weighted by Crippen LogP contribution is 2.24. The van der Waals surface area contributed by atoms with E-state index in [2.05, 4.69) is 52.6 Å². The third-order valence-electron chi connectivity index (χ3n) is 7.51. The van der Waals surface area contributed by atoms with Crippen LogP contribution in [-0.2, 0) is 30.5 Å². The number of hydrogen-bond donors (Lipinski definition) is 1. The molecule has 1 fully saturated rings. The predicted molar refractivity (Wildman–Crippen MR) is 132 cm³/mol. The molecule has 1 N–H and O–H groups in total. The zero-order valence-corrected chi connectivity index (χ0v) is 20.0. The Hall–Kier alpha value is -3.00. The molecule has 0 bridgehead atoms. The standard InChI is InChI=1S/C28H32N4O3/c33-26(16-30-9-7-22-3-1-2-4-24(22)15-30)17-31-10-8-23-6-5-20(12-27(23)28(31)34)11-21-13-29-32(14-21)25-18-35-19-25/h1-6,12-14,25-26,33H,7-11,15-19H2. The Labute approximate surface area is 205 Å². The predicted octanol–water partition coefficient (Wildman–Crippen LogP) is 2.46. The zero-order chi connectivity index (χ0) is 23.8. The van der Waals surface area contributed by atoms with Crippen molar-refractivity contribution in [2.45, 2.75) is 38.0 Å². The van der Waals surface area contributed by atoms with E-state index in [9.17, 15) is 9.90 Å². The first-order valence-corrected chi connectivity index (χ1v) is 12.6. The highest BCUT2D eigenvalue weighted by Gasteiger charge is 2.28. The van der Waals surface area contributed by atoms with Crippen LogP contribution < -0.4 is 0 Å². The van der Waals surface area contributed by atoms with E-state index < -0.39 is 6.10 Å². The molecule has 2 aromatic carbocycles. The third-order valence-corrected chi connectivity index (χ3v) is 7.51. The van der Waals surface area contributed by atoms with Crippen molar-refractivity contribution in [1.82, 2.24) is 19.6 Å². The van der Waals surface area contributed by atoms with Crippen LogP contribution in [0.3, 0.4) is 0 Å². The van der Waals surface area contributed by atoms with E-state index in [-0.39, 0.29) is 5.91 Å². The number of carbonyl (C=O) groups is 1. The average Bonchev–Trinajstić information content (AvgIpc) is 3.27. The van der Waals surface area contributed by atoms with Gasteiger partial charge in [0.1, 0.15) is 0 Å². The van der Waals surface area contributed by atoms with E-state index in [0.717, 1.165) is 67.8 Å². The molecular weight excluding hydrogens is 440 g/mol. The van der Waals surface area contributed by atoms with E-state index in [1.165, 1.54) is 11.1 Å². The molecule has 3 aliphatic rings. The quantitative estimate of drug-likeness (QED) is 0.572. The van der Waals surface area contributed by atoms with Gasteiger partial charge in [0.05, 0.1) is 31.6 Å². The maximum absolute atomic E-state index is 13.3. The summed E-state index contributed by atoms with van der Waals surface area (Å²) in [5.74, 6) is 0.0263. The summed E-state index contributed by atoms with van der Waals surface area (Å²) >= 11 is 0. The Morgan fingerprint density at radius 3 is 2.66 bits per heavy atom. The Morgan fingerprint density at radius 1 is 1.00 bits per heavy atom. The van der Waals surface area contributed by atoms with E-state index in [1.807, 2.05) is 21.8 Å². The molecule has 4 heterocycles. The van der Waals surface area contributed by atoms with Gasteiger partial charge < -0.3 is 14.7 Å². The number of hydrogen-bond acceptors (Lipinski definition) is 5. The van der Waals surface area contributed by atoms with Crippen LogP contribution in [-0.4, -0.2) is 76.1 Å². The first-order chi connectivity index (χ1) is 17.1. The average molecular weight is 473 g/mol. The second kappa shape index (κ2) is 9.57. The molecule has 1 atom stereocenters. The summed E-state index contributed by atoms with van der Waals surface area (Å²) in [6, 6.07) is 15.1. The number of amides is 1. The first kappa shape index (κ1) is 22.5. The number of benzene rings is 2. The molecule has 6 rings (SSSR count). The summed E-state index contributed by atoms with van der Waals surface area (Å²) in [6.45, 7) is 4.86. The van der Waals surface area contributed by atoms with E-state index >= 15 is 0 Å². The van der Waals surface area contributed by atoms with Gasteiger partial charge in [-0.25, -0.2) is 0 Å². The van der Waals surface area contributed by atoms with E-state index in [1.54, 1.807) is 0 Å². The number of fused-ring (bicyclic) bond motifs is 2. The molecule has 3 aliphatic heterocycles. The number of rotatable bonds is 7. The van der Waals surface area contributed by atoms with Crippen LogP contribution in [0.2, 0.25) is 0 Å². The smallest absolute Gasteiger partial charge is 0.254 e. The van der Waals surface area contributed by atoms with Gasteiger partial charge >= 0.3 is 0 Å². The van der Waals surface area contributed by atoms with Crippen molar-refractivity contribution >= 4 is 5.91 Å². The van der Waals surface area contributed by atoms with Gasteiger partial charge in [-0.1, -0.05) is 36.4 Å². The van der Waals surface area contributed by atoms with Crippen molar-refractivity contribution in [1.29, 1.82) is 0 Å². The van der Waals surface area contributed by atoms with Gasteiger partial charge in [-0.05, 0) is 46.7 Å². The van der Waals surface area contributed by atoms with Gasteiger partial charge in [-0.2, -0.15) is 5.10 Å². The number of ether oxygens (including phenoxy) is 1. The summed E-state index contributed by atoms with van der Waals surface area (Å²) in [5.41, 5.74) is 6.85. The molecule has 35 heavy (non-hydrogen) atoms. The van der Waals surface area contributed by atoms with Crippen molar-refractivity contribution in [3.05, 3.63) is 88.2 Å². The summed E-state index contributed by atoms with van der Waals surface area (Å²) in [6.07, 6.45) is 6.00. The number of aromatic nitrogens is 2. The maximum atomic E-state index is 13.3. The number of β-amino-alcohol motifs (C(OH)–C–C–N with tert-alkyl or cyclic N) is 1. The molecule has 1 saturated heterocycles. The SMILES string of the molecule is O=C1c2cc(Cc3cnn(C4COC4)c3)ccc2CCN1CC(O)CN1CCc2ccccc2C1. The molecule has 182 valence electrons. The molecule has 3 aromatic rings. The van der Waals surface area contributed by atoms with Crippen molar-refractivity contribution < 1.29 is 14.6 Å². The van der Waals surface area contributed by atoms with Gasteiger partial charge in [0.2, 0.25) is 0 Å². The fourth-order valence-corrected chi connectivity index (χ4v) is 5.45. The molecule has 0 radical (unpaired) electrons. The van der Waals surface area contributed by atoms with Crippen molar-refractivity contribution in [3.8, 4) is 0 Å². The lowest BCUT2D eigenvalue weighted by atomic mass is 9.94. The van der Waals surface area contributed by atoms with Gasteiger partial charge in [0, 0.05) is 50.9 Å². The molecule has 0 saturated carbocycles. The number of aliphatic hydroxyl groups excluding tert-OH is 1. The van der Waals surface area contributed by atoms with Crippen molar-refractivity contribution in [3.63, 3.8) is 0 Å². The van der Waals surface area contributed by atoms with Gasteiger partial charge in [-0.3, -0.25) is 14.4 Å². The normalized spacial score (nSPS) is 19.2. The van der Waals surface area contributed by atoms with E-state index in [4.69, 9.17) is 4.74 Å². The third kappa shape index (κ3) is 4.76. The second-order valence-electron chi connectivity index (χ2n) is 10.1. The lowest BCUT2D eigenvalue weighted by Gasteiger charge is -2.34. The Morgan fingerprint density at radius 2 is 1.83 bits per heavy atom. The van der Waals surface area contributed by atoms with Crippen molar-refractivity contribution in [2.75, 3.05) is 39.4 Å². The Balaban J connectivity index is 1.08. The maximum Gasteiger partial charge on any atom is 0.254 e. The van der Waals surface area contributed by atoms with Gasteiger partial charge in [0.25, 0.3) is 5.91 Å². The minimum atomic E-state index is -0.560. The molecule has 1 aromatic heterocycles. The first-order valence-electron chi connectivity index (χ1n) is 12.6. The second-order valence-corrected chi connectivity index (χ2v) is 10.1. The zero-order valence-electron chi connectivity index (χ0n) is 20.0. The highest BCUT2D eigenvalue weighted by molar-refractivity contribution is 5.97. The van der Waals surface area contributed by atoms with Crippen LogP contribution in [0.25, 0.3) is 0 Å². The van der Waals surface area contributed by atoms with Crippen LogP contribution in [0.5, 0.6) is 0 Å². The molecule has 0 spiro atoms. The number of aliphatic hydroxyl groups is 1. The minimum Gasteiger partial charge on any atom is -0.390 e. The van der Waals surface area contributed by atoms with Gasteiger partial charge in [-0.15, -0.1) is 0 Å². The highest BCUT2D eigenvalue weighted by atomic mass is 16.5. The molecule has 7 nitrogen and oxygen atoms in total. The topological polar surface area (TPSA) is 70.8 Å². The monoisotopic (exact) mass is 472 g/mol. The van der Waals surface area contributed by atoms with Gasteiger partial charge in [0.15, 0.2) is 0 Å². The molecule has 7 heteroatoms. The summed E-state index contributed by atoms with van der Waals surface area (Å²) < 4.78 is 7.24. The van der Waals surface area contributed by atoms with Crippen LogP contribution in [0, 0.1) is 0 Å². The van der Waals surface area contributed by atoms with Crippen LogP contribution >= 0.6 is 0 Å². The number of nitrogens with zero attached hydrogens (tertiary/aromatic N) is 4. The fourth-order valence-electron chi connectivity index (χ4n) is 5.45. The fraction of sp³-hybridized carbons (Fsp3) is 0.429. The molecule has 0 aliphatic carbocycles. The largest absolute Gasteiger partial charge is 0.390 e. The molecular formula is C28H32N4O3. The van der Waals surface area contributed by atoms with Crippen LogP contribution in [0.15, 0.2) is 54.9 Å². The molecule has 1 unspecified atom stereocenters. The lowest BCUT2D eigenvalue weighted by Crippen LogP contribution is -2.46. The molecule has 1 amide bonds. The summed E-state index contributed by atoms with van der Waals surface area (Å²) in [5, 5.41) is 15.3. The Kier molecular flexibility index (Phi) is 6.14. The lowest BCUT2D eigenvalue weighted by molar-refractivity contribution is -0.0286. The van der Waals surface area contributed by atoms with Crippen molar-refractivity contribution in [2.24, 2.45) is 0 Å². The summed E-state index contributed by atoms with van der Waals surface area (Å²) in [4.78, 5) is 17.4. The minimum absolute atomic E-state index is 0.0263. The summed E-state index contributed by atoms with van der Waals surface area (Å²) in [7, 11) is 0. The Bertz CT molecular complexity index is 1220. The van der Waals surface area contributed by atoms with Crippen LogP contribution in [0.4, 0.5) is 0 Å². The van der Waals surface area contributed by atoms with E-state index in [0.29, 0.717) is 25.7 Å².